The molecule has 0 aromatic heterocycles. The zero-order valence-corrected chi connectivity index (χ0v) is 18.8. The molecule has 0 spiro atoms. The van der Waals surface area contributed by atoms with E-state index in [0.29, 0.717) is 24.5 Å². The molecule has 0 radical (unpaired) electrons. The lowest BCUT2D eigenvalue weighted by atomic mass is 9.94. The monoisotopic (exact) mass is 438 g/mol. The summed E-state index contributed by atoms with van der Waals surface area (Å²) in [6.07, 6.45) is 2.83. The molecule has 170 valence electrons. The Bertz CT molecular complexity index is 980. The van der Waals surface area contributed by atoms with E-state index in [4.69, 9.17) is 19.9 Å². The number of carbonyl (C=O) groups is 2. The number of benzene rings is 2. The fourth-order valence-electron chi connectivity index (χ4n) is 4.10. The second kappa shape index (κ2) is 10.3. The number of fused-ring (bicyclic) bond motifs is 1. The minimum Gasteiger partial charge on any atom is -0.495 e. The Balaban J connectivity index is 1.77. The number of aryl methyl sites for hydroxylation is 3. The molecule has 0 aliphatic carbocycles. The maximum absolute atomic E-state index is 13.3. The van der Waals surface area contributed by atoms with Crippen molar-refractivity contribution in [2.45, 2.75) is 39.2 Å². The highest BCUT2D eigenvalue weighted by atomic mass is 16.7. The van der Waals surface area contributed by atoms with Gasteiger partial charge in [-0.3, -0.25) is 4.79 Å². The molecule has 7 heteroatoms. The van der Waals surface area contributed by atoms with Crippen LogP contribution in [0, 0.1) is 13.8 Å². The number of nitrogens with two attached hydrogens (primary N) is 1. The average Bonchev–Trinajstić information content (AvgIpc) is 2.78. The summed E-state index contributed by atoms with van der Waals surface area (Å²) in [6.45, 7) is 7.99. The number of amides is 1. The first-order chi connectivity index (χ1) is 15.3. The highest BCUT2D eigenvalue weighted by Crippen LogP contribution is 2.36. The molecule has 0 bridgehead atoms. The Kier molecular flexibility index (Phi) is 7.53. The van der Waals surface area contributed by atoms with E-state index in [1.54, 1.807) is 24.1 Å². The number of para-hydroxylation sites is 1. The quantitative estimate of drug-likeness (QED) is 0.401. The van der Waals surface area contributed by atoms with Gasteiger partial charge in [0.2, 0.25) is 5.91 Å². The van der Waals surface area contributed by atoms with E-state index >= 15 is 0 Å². The fraction of sp³-hybridized carbons (Fsp3) is 0.360. The zero-order chi connectivity index (χ0) is 23.3. The number of hydrogen-bond acceptors (Lipinski definition) is 6. The van der Waals surface area contributed by atoms with E-state index in [1.807, 2.05) is 32.0 Å². The molecule has 2 N–H and O–H groups in total. The van der Waals surface area contributed by atoms with Crippen molar-refractivity contribution in [2.24, 2.45) is 5.73 Å². The summed E-state index contributed by atoms with van der Waals surface area (Å²) in [5.41, 5.74) is 11.0. The van der Waals surface area contributed by atoms with Crippen LogP contribution >= 0.6 is 0 Å². The Morgan fingerprint density at radius 3 is 2.62 bits per heavy atom. The predicted octanol–water partition coefficient (Wildman–Crippen LogP) is 3.86. The van der Waals surface area contributed by atoms with Crippen molar-refractivity contribution in [2.75, 3.05) is 25.2 Å². The number of nitrogens with zero attached hydrogens (tertiary/aromatic N) is 1. The van der Waals surface area contributed by atoms with Crippen LogP contribution in [0.25, 0.3) is 0 Å². The summed E-state index contributed by atoms with van der Waals surface area (Å²) >= 11 is 0. The minimum absolute atomic E-state index is 0.0796. The van der Waals surface area contributed by atoms with Gasteiger partial charge in [0, 0.05) is 6.54 Å². The fourth-order valence-corrected chi connectivity index (χ4v) is 4.10. The molecule has 0 fully saturated rings. The molecule has 32 heavy (non-hydrogen) atoms. The minimum atomic E-state index is -0.791. The third-order valence-corrected chi connectivity index (χ3v) is 5.60. The summed E-state index contributed by atoms with van der Waals surface area (Å²) in [5, 5.41) is 0. The third kappa shape index (κ3) is 5.11. The van der Waals surface area contributed by atoms with Crippen LogP contribution in [0.1, 0.15) is 28.7 Å². The summed E-state index contributed by atoms with van der Waals surface area (Å²) in [7, 11) is 1.61. The smallest absolute Gasteiger partial charge is 0.495 e. The van der Waals surface area contributed by atoms with Gasteiger partial charge in [0.15, 0.2) is 0 Å². The normalized spacial score (nSPS) is 13.7. The number of anilines is 1. The van der Waals surface area contributed by atoms with Crippen molar-refractivity contribution >= 4 is 17.7 Å². The molecule has 1 atom stereocenters. The molecule has 0 saturated heterocycles. The Labute approximate surface area is 188 Å². The van der Waals surface area contributed by atoms with Crippen LogP contribution in [0.4, 0.5) is 10.5 Å². The number of hydrogen-bond donors (Lipinski definition) is 1. The lowest BCUT2D eigenvalue weighted by Crippen LogP contribution is -2.47. The topological polar surface area (TPSA) is 91.1 Å². The molecule has 7 nitrogen and oxygen atoms in total. The van der Waals surface area contributed by atoms with Crippen LogP contribution in [0.15, 0.2) is 43.0 Å². The second-order valence-corrected chi connectivity index (χ2v) is 7.86. The molecule has 1 aliphatic rings. The lowest BCUT2D eigenvalue weighted by Gasteiger charge is -2.32. The maximum Gasteiger partial charge on any atom is 0.514 e. The highest BCUT2D eigenvalue weighted by Gasteiger charge is 2.30. The van der Waals surface area contributed by atoms with Crippen molar-refractivity contribution in [3.05, 3.63) is 65.2 Å². The second-order valence-electron chi connectivity index (χ2n) is 7.86. The van der Waals surface area contributed by atoms with Crippen molar-refractivity contribution in [1.82, 2.24) is 0 Å². The van der Waals surface area contributed by atoms with Crippen LogP contribution < -0.4 is 20.1 Å². The average molecular weight is 439 g/mol. The van der Waals surface area contributed by atoms with E-state index in [1.165, 1.54) is 6.08 Å². The van der Waals surface area contributed by atoms with E-state index in [0.717, 1.165) is 40.8 Å². The first kappa shape index (κ1) is 23.3. The molecule has 0 saturated carbocycles. The number of ether oxygens (including phenoxy) is 3. The van der Waals surface area contributed by atoms with E-state index < -0.39 is 12.2 Å². The van der Waals surface area contributed by atoms with Gasteiger partial charge in [0.25, 0.3) is 0 Å². The van der Waals surface area contributed by atoms with Crippen LogP contribution in [-0.4, -0.2) is 38.4 Å². The van der Waals surface area contributed by atoms with Crippen LogP contribution in [0.5, 0.6) is 11.5 Å². The van der Waals surface area contributed by atoms with Crippen molar-refractivity contribution in [1.29, 1.82) is 0 Å². The van der Waals surface area contributed by atoms with Crippen LogP contribution in [-0.2, 0) is 22.4 Å². The van der Waals surface area contributed by atoms with Crippen molar-refractivity contribution in [3.63, 3.8) is 0 Å². The lowest BCUT2D eigenvalue weighted by molar-refractivity contribution is -0.119. The van der Waals surface area contributed by atoms with E-state index in [9.17, 15) is 9.59 Å². The molecule has 2 aromatic carbocycles. The third-order valence-electron chi connectivity index (χ3n) is 5.60. The van der Waals surface area contributed by atoms with E-state index in [2.05, 4.69) is 6.58 Å². The molecular formula is C25H30N2O5. The summed E-state index contributed by atoms with van der Waals surface area (Å²) in [4.78, 5) is 26.8. The van der Waals surface area contributed by atoms with Crippen LogP contribution in [0.2, 0.25) is 0 Å². The van der Waals surface area contributed by atoms with Gasteiger partial charge in [-0.15, -0.1) is 0 Å². The van der Waals surface area contributed by atoms with Gasteiger partial charge in [-0.2, -0.15) is 0 Å². The standard InChI is InChI=1S/C25H30N2O5/c1-5-12-31-25(29)32-19-13-16(2)20(17(3)14-19)15-21(26)24(28)27-11-7-9-18-8-6-10-22(30-4)23(18)27/h5-6,8,10,13-14,21H,1,7,9,11-12,15,26H2,2-4H3/t21-/m0/s1. The summed E-state index contributed by atoms with van der Waals surface area (Å²) < 4.78 is 15.6. The maximum atomic E-state index is 13.3. The van der Waals surface area contributed by atoms with Gasteiger partial charge in [0.1, 0.15) is 18.1 Å². The number of carbonyl (C=O) groups excluding carboxylic acids is 2. The van der Waals surface area contributed by atoms with E-state index in [-0.39, 0.29) is 12.5 Å². The Morgan fingerprint density at radius 1 is 1.25 bits per heavy atom. The van der Waals surface area contributed by atoms with Gasteiger partial charge in [0.05, 0.1) is 18.8 Å². The Hall–Kier alpha value is -3.32. The molecule has 1 heterocycles. The van der Waals surface area contributed by atoms with Gasteiger partial charge in [-0.1, -0.05) is 24.8 Å². The van der Waals surface area contributed by atoms with Gasteiger partial charge < -0.3 is 24.8 Å². The van der Waals surface area contributed by atoms with Crippen molar-refractivity contribution < 1.29 is 23.8 Å². The number of rotatable bonds is 7. The SMILES string of the molecule is C=CCOC(=O)Oc1cc(C)c(C[C@H](N)C(=O)N2CCCc3cccc(OC)c32)c(C)c1. The summed E-state index contributed by atoms with van der Waals surface area (Å²) in [6, 6.07) is 8.60. The molecule has 1 aliphatic heterocycles. The molecule has 3 rings (SSSR count). The number of methoxy groups -OCH3 is 1. The molecular weight excluding hydrogens is 408 g/mol. The first-order valence-electron chi connectivity index (χ1n) is 10.6. The largest absolute Gasteiger partial charge is 0.514 e. The first-order valence-corrected chi connectivity index (χ1v) is 10.6. The summed E-state index contributed by atoms with van der Waals surface area (Å²) in [5.74, 6) is 0.926. The molecule has 0 unspecified atom stereocenters. The predicted molar refractivity (Wildman–Crippen MR) is 123 cm³/mol. The van der Waals surface area contributed by atoms with Crippen LogP contribution in [0.3, 0.4) is 0 Å². The van der Waals surface area contributed by atoms with Gasteiger partial charge in [-0.05, 0) is 73.6 Å². The Morgan fingerprint density at radius 2 is 1.97 bits per heavy atom. The highest BCUT2D eigenvalue weighted by molar-refractivity contribution is 5.99. The van der Waals surface area contributed by atoms with Gasteiger partial charge >= 0.3 is 6.16 Å². The van der Waals surface area contributed by atoms with Gasteiger partial charge in [-0.25, -0.2) is 4.79 Å². The van der Waals surface area contributed by atoms with Crippen molar-refractivity contribution in [3.8, 4) is 11.5 Å². The zero-order valence-electron chi connectivity index (χ0n) is 18.8. The molecule has 1 amide bonds. The molecule has 2 aromatic rings.